The largest absolute Gasteiger partial charge is 0.473 e. The quantitative estimate of drug-likeness (QED) is 0.529. The number of amides is 3. The lowest BCUT2D eigenvalue weighted by Gasteiger charge is -2.35. The van der Waals surface area contributed by atoms with Gasteiger partial charge < -0.3 is 35.8 Å². The molecule has 1 aromatic rings. The molecule has 1 fully saturated rings. The molecule has 1 aromatic carbocycles. The second-order valence-electron chi connectivity index (χ2n) is 7.37. The van der Waals surface area contributed by atoms with Crippen LogP contribution in [0.3, 0.4) is 0 Å². The van der Waals surface area contributed by atoms with Gasteiger partial charge in [-0.1, -0.05) is 0 Å². The Morgan fingerprint density at radius 1 is 1.23 bits per heavy atom. The highest BCUT2D eigenvalue weighted by Gasteiger charge is 2.32. The summed E-state index contributed by atoms with van der Waals surface area (Å²) >= 11 is 0. The van der Waals surface area contributed by atoms with Crippen molar-refractivity contribution in [3.05, 3.63) is 36.3 Å². The van der Waals surface area contributed by atoms with Crippen molar-refractivity contribution >= 4 is 29.6 Å². The molecule has 10 heteroatoms. The molecule has 0 aromatic heterocycles. The second-order valence-corrected chi connectivity index (χ2v) is 7.37. The lowest BCUT2D eigenvalue weighted by atomic mass is 10.2. The Bertz CT molecular complexity index is 802. The number of carbonyl (C=O) groups is 3. The van der Waals surface area contributed by atoms with E-state index in [1.165, 1.54) is 6.26 Å². The van der Waals surface area contributed by atoms with Crippen molar-refractivity contribution in [3.8, 4) is 0 Å². The maximum atomic E-state index is 12.5. The van der Waals surface area contributed by atoms with Crippen LogP contribution in [-0.4, -0.2) is 73.0 Å². The van der Waals surface area contributed by atoms with Crippen molar-refractivity contribution in [2.45, 2.75) is 26.1 Å². The molecule has 2 atom stereocenters. The van der Waals surface area contributed by atoms with Crippen LogP contribution in [0, 0.1) is 0 Å². The van der Waals surface area contributed by atoms with Gasteiger partial charge in [-0.25, -0.2) is 0 Å². The van der Waals surface area contributed by atoms with Gasteiger partial charge >= 0.3 is 0 Å². The summed E-state index contributed by atoms with van der Waals surface area (Å²) in [5.41, 5.74) is 7.62. The number of ether oxygens (including phenoxy) is 1. The van der Waals surface area contributed by atoms with Gasteiger partial charge in [-0.05, 0) is 31.2 Å². The lowest BCUT2D eigenvalue weighted by molar-refractivity contribution is -0.129. The predicted molar refractivity (Wildman–Crippen MR) is 112 cm³/mol. The third-order valence-electron chi connectivity index (χ3n) is 5.15. The van der Waals surface area contributed by atoms with Gasteiger partial charge in [0, 0.05) is 44.5 Å². The number of anilines is 2. The lowest BCUT2D eigenvalue weighted by Crippen LogP contribution is -2.48. The molecule has 0 radical (unpaired) electrons. The fourth-order valence-electron chi connectivity index (χ4n) is 3.56. The van der Waals surface area contributed by atoms with Gasteiger partial charge in [0.15, 0.2) is 6.23 Å². The molecule has 2 heterocycles. The Labute approximate surface area is 175 Å². The summed E-state index contributed by atoms with van der Waals surface area (Å²) in [6.07, 6.45) is 1.38. The number of benzene rings is 1. The van der Waals surface area contributed by atoms with E-state index in [0.29, 0.717) is 31.0 Å². The van der Waals surface area contributed by atoms with Crippen molar-refractivity contribution in [2.24, 2.45) is 5.73 Å². The van der Waals surface area contributed by atoms with E-state index in [-0.39, 0.29) is 24.4 Å². The molecule has 2 aliphatic heterocycles. The van der Waals surface area contributed by atoms with Crippen LogP contribution in [-0.2, 0) is 19.1 Å². The predicted octanol–water partition coefficient (Wildman–Crippen LogP) is -0.156. The summed E-state index contributed by atoms with van der Waals surface area (Å²) in [4.78, 5) is 40.4. The molecule has 0 aliphatic carbocycles. The second kappa shape index (κ2) is 9.49. The zero-order chi connectivity index (χ0) is 21.7. The van der Waals surface area contributed by atoms with Gasteiger partial charge in [0.25, 0.3) is 0 Å². The molecule has 10 nitrogen and oxygen atoms in total. The number of hydrogen-bond donors (Lipinski definition) is 3. The Balaban J connectivity index is 1.56. The highest BCUT2D eigenvalue weighted by molar-refractivity contribution is 5.92. The average molecular weight is 416 g/mol. The average Bonchev–Trinajstić information content (AvgIpc) is 3.11. The van der Waals surface area contributed by atoms with E-state index in [0.717, 1.165) is 18.8 Å². The summed E-state index contributed by atoms with van der Waals surface area (Å²) in [5, 5.41) is 5.37. The number of piperazine rings is 1. The van der Waals surface area contributed by atoms with Crippen molar-refractivity contribution in [1.82, 2.24) is 15.1 Å². The normalized spacial score (nSPS) is 19.6. The Kier molecular flexibility index (Phi) is 6.78. The highest BCUT2D eigenvalue weighted by Crippen LogP contribution is 2.21. The molecule has 30 heavy (non-hydrogen) atoms. The number of nitrogens with zero attached hydrogens (tertiary/aromatic N) is 3. The number of nitrogens with one attached hydrogen (secondary N) is 2. The molecule has 0 spiro atoms. The first-order valence-corrected chi connectivity index (χ1v) is 9.87. The van der Waals surface area contributed by atoms with E-state index in [4.69, 9.17) is 10.5 Å². The Morgan fingerprint density at radius 2 is 1.90 bits per heavy atom. The fraction of sp³-hybridized carbons (Fsp3) is 0.450. The van der Waals surface area contributed by atoms with Crippen LogP contribution >= 0.6 is 0 Å². The number of carbonyl (C=O) groups excluding carboxylic acids is 3. The van der Waals surface area contributed by atoms with Crippen LogP contribution < -0.4 is 21.3 Å². The zero-order valence-corrected chi connectivity index (χ0v) is 17.2. The summed E-state index contributed by atoms with van der Waals surface area (Å²) in [6, 6.07) is 7.22. The van der Waals surface area contributed by atoms with Crippen LogP contribution in [0.15, 0.2) is 36.3 Å². The van der Waals surface area contributed by atoms with Crippen LogP contribution in [0.1, 0.15) is 13.8 Å². The molecular weight excluding hydrogens is 388 g/mol. The summed E-state index contributed by atoms with van der Waals surface area (Å²) < 4.78 is 5.46. The van der Waals surface area contributed by atoms with Crippen LogP contribution in [0.4, 0.5) is 11.4 Å². The third-order valence-corrected chi connectivity index (χ3v) is 5.15. The number of hydrogen-bond acceptors (Lipinski definition) is 7. The van der Waals surface area contributed by atoms with E-state index in [1.807, 2.05) is 29.2 Å². The number of rotatable bonds is 7. The van der Waals surface area contributed by atoms with Gasteiger partial charge in [-0.15, -0.1) is 0 Å². The van der Waals surface area contributed by atoms with Crippen molar-refractivity contribution in [3.63, 3.8) is 0 Å². The van der Waals surface area contributed by atoms with Crippen molar-refractivity contribution in [1.29, 1.82) is 0 Å². The van der Waals surface area contributed by atoms with Gasteiger partial charge in [-0.3, -0.25) is 14.4 Å². The minimum absolute atomic E-state index is 0.0202. The highest BCUT2D eigenvalue weighted by atomic mass is 16.5. The number of nitrogens with two attached hydrogens (primary N) is 1. The smallest absolute Gasteiger partial charge is 0.244 e. The third kappa shape index (κ3) is 5.01. The van der Waals surface area contributed by atoms with Gasteiger partial charge in [0.2, 0.25) is 18.2 Å². The molecule has 2 aliphatic rings. The molecule has 3 amide bonds. The minimum atomic E-state index is -0.533. The summed E-state index contributed by atoms with van der Waals surface area (Å²) in [7, 11) is 0. The van der Waals surface area contributed by atoms with Crippen LogP contribution in [0.2, 0.25) is 0 Å². The van der Waals surface area contributed by atoms with Gasteiger partial charge in [-0.2, -0.15) is 0 Å². The van der Waals surface area contributed by atoms with E-state index in [9.17, 15) is 14.4 Å². The Morgan fingerprint density at radius 3 is 2.47 bits per heavy atom. The van der Waals surface area contributed by atoms with Crippen molar-refractivity contribution in [2.75, 3.05) is 42.9 Å². The monoisotopic (exact) mass is 416 g/mol. The van der Waals surface area contributed by atoms with E-state index < -0.39 is 6.23 Å². The first kappa shape index (κ1) is 21.4. The fourth-order valence-corrected chi connectivity index (χ4v) is 3.56. The van der Waals surface area contributed by atoms with Crippen molar-refractivity contribution < 1.29 is 19.1 Å². The standard InChI is InChI=1S/C20H28N6O4/c1-14(21)20-26(18(12-30-20)22-13-27)11-19(29)23-16-3-5-17(6-4-16)25-9-7-24(8-10-25)15(2)28/h3-6,12-14,20H,7-11,21H2,1-2H3,(H,22,27)(H,23,29)/t14-,20?/m0/s1. The molecule has 1 saturated heterocycles. The van der Waals surface area contributed by atoms with E-state index in [1.54, 1.807) is 18.7 Å². The maximum absolute atomic E-state index is 12.5. The van der Waals surface area contributed by atoms with Crippen LogP contribution in [0.5, 0.6) is 0 Å². The molecule has 0 saturated carbocycles. The zero-order valence-electron chi connectivity index (χ0n) is 17.2. The molecular formula is C20H28N6O4. The molecule has 0 bridgehead atoms. The van der Waals surface area contributed by atoms with E-state index >= 15 is 0 Å². The van der Waals surface area contributed by atoms with Crippen LogP contribution in [0.25, 0.3) is 0 Å². The molecule has 162 valence electrons. The summed E-state index contributed by atoms with van der Waals surface area (Å²) in [6.45, 7) is 6.30. The SMILES string of the molecule is CC(=O)N1CCN(c2ccc(NC(=O)CN3C(NC=O)=COC3[C@H](C)N)cc2)CC1. The maximum Gasteiger partial charge on any atom is 0.244 e. The Hall–Kier alpha value is -3.27. The van der Waals surface area contributed by atoms with Gasteiger partial charge in [0.05, 0.1) is 6.04 Å². The first-order chi connectivity index (χ1) is 14.4. The topological polar surface area (TPSA) is 120 Å². The minimum Gasteiger partial charge on any atom is -0.473 e. The molecule has 4 N–H and O–H groups in total. The summed E-state index contributed by atoms with van der Waals surface area (Å²) in [5.74, 6) is 0.235. The van der Waals surface area contributed by atoms with E-state index in [2.05, 4.69) is 15.5 Å². The molecule has 1 unspecified atom stereocenters. The van der Waals surface area contributed by atoms with Gasteiger partial charge in [0.1, 0.15) is 18.6 Å². The first-order valence-electron chi connectivity index (χ1n) is 9.87. The molecule has 3 rings (SSSR count).